The smallest absolute Gasteiger partial charge is 0.265 e. The first-order valence-corrected chi connectivity index (χ1v) is 11.9. The van der Waals surface area contributed by atoms with Crippen LogP contribution in [0.15, 0.2) is 71.7 Å². The quantitative estimate of drug-likeness (QED) is 0.342. The molecular weight excluding hydrogens is 450 g/mol. The van der Waals surface area contributed by atoms with Gasteiger partial charge in [-0.2, -0.15) is 0 Å². The molecule has 5 rings (SSSR count). The molecule has 4 aromatic rings. The number of rotatable bonds is 6. The zero-order valence-corrected chi connectivity index (χ0v) is 19.5. The highest BCUT2D eigenvalue weighted by Gasteiger charge is 2.17. The zero-order chi connectivity index (χ0) is 23.5. The Morgan fingerprint density at radius 3 is 2.65 bits per heavy atom. The summed E-state index contributed by atoms with van der Waals surface area (Å²) in [6, 6.07) is 18.6. The predicted molar refractivity (Wildman–Crippen MR) is 136 cm³/mol. The topological polar surface area (TPSA) is 70.0 Å². The first-order chi connectivity index (χ1) is 16.6. The van der Waals surface area contributed by atoms with Crippen molar-refractivity contribution in [2.75, 3.05) is 44.2 Å². The summed E-state index contributed by atoms with van der Waals surface area (Å²) in [5.74, 6) is -0.187. The maximum Gasteiger partial charge on any atom is 0.265 e. The number of pyridine rings is 1. The van der Waals surface area contributed by atoms with Crippen LogP contribution >= 0.6 is 11.6 Å². The number of carbonyl (C=O) groups excluding carboxylic acids is 1. The summed E-state index contributed by atoms with van der Waals surface area (Å²) < 4.78 is 1.44. The monoisotopic (exact) mass is 475 g/mol. The average molecular weight is 476 g/mol. The van der Waals surface area contributed by atoms with E-state index in [-0.39, 0.29) is 11.5 Å². The average Bonchev–Trinajstić information content (AvgIpc) is 2.87. The minimum atomic E-state index is -0.187. The van der Waals surface area contributed by atoms with Crippen LogP contribution < -0.4 is 15.8 Å². The van der Waals surface area contributed by atoms with Gasteiger partial charge in [-0.15, -0.1) is 0 Å². The summed E-state index contributed by atoms with van der Waals surface area (Å²) in [7, 11) is 0. The van der Waals surface area contributed by atoms with E-state index in [2.05, 4.69) is 26.2 Å². The number of benzene rings is 2. The maximum absolute atomic E-state index is 12.8. The number of amides is 1. The lowest BCUT2D eigenvalue weighted by molar-refractivity contribution is 0.0951. The van der Waals surface area contributed by atoms with Crippen LogP contribution in [0.1, 0.15) is 16.8 Å². The fraction of sp³-hybridized carbons (Fsp3) is 0.269. The number of hydrogen-bond donors (Lipinski definition) is 1. The van der Waals surface area contributed by atoms with Gasteiger partial charge in [-0.05, 0) is 55.4 Å². The van der Waals surface area contributed by atoms with Gasteiger partial charge in [-0.1, -0.05) is 29.8 Å². The molecule has 174 valence electrons. The molecule has 1 aliphatic heterocycles. The molecule has 2 aromatic heterocycles. The molecule has 34 heavy (non-hydrogen) atoms. The van der Waals surface area contributed by atoms with Crippen molar-refractivity contribution in [2.45, 2.75) is 6.42 Å². The number of hydrogen-bond acceptors (Lipinski definition) is 5. The number of fused-ring (bicyclic) bond motifs is 2. The molecule has 2 aromatic carbocycles. The van der Waals surface area contributed by atoms with Crippen LogP contribution in [0.4, 0.5) is 5.69 Å². The number of nitrogens with one attached hydrogen (secondary N) is 1. The van der Waals surface area contributed by atoms with Crippen molar-refractivity contribution < 1.29 is 4.79 Å². The van der Waals surface area contributed by atoms with Gasteiger partial charge in [0.1, 0.15) is 5.65 Å². The number of halogens is 1. The Hall–Kier alpha value is -3.42. The van der Waals surface area contributed by atoms with Crippen LogP contribution in [-0.2, 0) is 0 Å². The van der Waals surface area contributed by atoms with Crippen LogP contribution in [0.2, 0.25) is 5.02 Å². The molecular formula is C26H26ClN5O2. The molecule has 3 heterocycles. The number of para-hydroxylation sites is 1. The molecule has 1 fully saturated rings. The molecule has 0 spiro atoms. The second-order valence-corrected chi connectivity index (χ2v) is 8.93. The second kappa shape index (κ2) is 9.83. The van der Waals surface area contributed by atoms with Crippen LogP contribution in [0.3, 0.4) is 0 Å². The lowest BCUT2D eigenvalue weighted by atomic mass is 10.2. The molecule has 0 bridgehead atoms. The van der Waals surface area contributed by atoms with E-state index in [0.29, 0.717) is 28.7 Å². The van der Waals surface area contributed by atoms with Gasteiger partial charge in [-0.25, -0.2) is 4.98 Å². The van der Waals surface area contributed by atoms with Crippen LogP contribution in [0.5, 0.6) is 0 Å². The zero-order valence-electron chi connectivity index (χ0n) is 18.8. The Balaban J connectivity index is 1.13. The van der Waals surface area contributed by atoms with Crippen molar-refractivity contribution in [2.24, 2.45) is 0 Å². The fourth-order valence-electron chi connectivity index (χ4n) is 4.40. The Kier molecular flexibility index (Phi) is 6.47. The highest BCUT2D eigenvalue weighted by molar-refractivity contribution is 6.30. The molecule has 0 saturated carbocycles. The maximum atomic E-state index is 12.8. The molecule has 0 radical (unpaired) electrons. The Bertz CT molecular complexity index is 1400. The van der Waals surface area contributed by atoms with Crippen molar-refractivity contribution in [3.63, 3.8) is 0 Å². The first kappa shape index (κ1) is 22.4. The third kappa shape index (κ3) is 4.76. The molecule has 1 N–H and O–H groups in total. The summed E-state index contributed by atoms with van der Waals surface area (Å²) >= 11 is 6.12. The summed E-state index contributed by atoms with van der Waals surface area (Å²) in [6.45, 7) is 5.39. The lowest BCUT2D eigenvalue weighted by Gasteiger charge is -2.36. The summed E-state index contributed by atoms with van der Waals surface area (Å²) in [4.78, 5) is 34.7. The van der Waals surface area contributed by atoms with E-state index in [1.807, 2.05) is 36.4 Å². The van der Waals surface area contributed by atoms with E-state index >= 15 is 0 Å². The predicted octanol–water partition coefficient (Wildman–Crippen LogP) is 3.44. The third-order valence-electron chi connectivity index (χ3n) is 6.26. The largest absolute Gasteiger partial charge is 0.369 e. The summed E-state index contributed by atoms with van der Waals surface area (Å²) in [5.41, 5.74) is 2.61. The van der Waals surface area contributed by atoms with Crippen molar-refractivity contribution in [1.82, 2.24) is 19.6 Å². The summed E-state index contributed by atoms with van der Waals surface area (Å²) in [6.07, 6.45) is 2.43. The van der Waals surface area contributed by atoms with Gasteiger partial charge in [0.05, 0.1) is 16.5 Å². The second-order valence-electron chi connectivity index (χ2n) is 8.50. The number of anilines is 1. The molecule has 0 atom stereocenters. The SMILES string of the molecule is O=C(NCCCN1CCN(c2cccc(Cl)c2)CC1)c1ccc2nc3ccccc3c(=O)n2c1. The van der Waals surface area contributed by atoms with Crippen molar-refractivity contribution in [3.8, 4) is 0 Å². The molecule has 7 nitrogen and oxygen atoms in total. The minimum Gasteiger partial charge on any atom is -0.369 e. The molecule has 0 aliphatic carbocycles. The van der Waals surface area contributed by atoms with Gasteiger partial charge in [0, 0.05) is 49.6 Å². The highest BCUT2D eigenvalue weighted by Crippen LogP contribution is 2.20. The van der Waals surface area contributed by atoms with Gasteiger partial charge >= 0.3 is 0 Å². The lowest BCUT2D eigenvalue weighted by Crippen LogP contribution is -2.47. The first-order valence-electron chi connectivity index (χ1n) is 11.5. The van der Waals surface area contributed by atoms with Crippen molar-refractivity contribution in [1.29, 1.82) is 0 Å². The van der Waals surface area contributed by atoms with Crippen LogP contribution in [-0.4, -0.2) is 59.5 Å². The van der Waals surface area contributed by atoms with Crippen molar-refractivity contribution >= 4 is 39.7 Å². The van der Waals surface area contributed by atoms with E-state index in [1.54, 1.807) is 24.4 Å². The van der Waals surface area contributed by atoms with Gasteiger partial charge < -0.3 is 10.2 Å². The molecule has 1 aliphatic rings. The minimum absolute atomic E-state index is 0.174. The number of nitrogens with zero attached hydrogens (tertiary/aromatic N) is 4. The Labute approximate surface area is 202 Å². The molecule has 0 unspecified atom stereocenters. The number of carbonyl (C=O) groups is 1. The number of piperazine rings is 1. The van der Waals surface area contributed by atoms with E-state index in [1.165, 1.54) is 4.40 Å². The van der Waals surface area contributed by atoms with Crippen LogP contribution in [0.25, 0.3) is 16.6 Å². The van der Waals surface area contributed by atoms with Gasteiger partial charge in [0.25, 0.3) is 11.5 Å². The third-order valence-corrected chi connectivity index (χ3v) is 6.49. The molecule has 1 amide bonds. The van der Waals surface area contributed by atoms with E-state index in [0.717, 1.165) is 49.9 Å². The van der Waals surface area contributed by atoms with Gasteiger partial charge in [0.15, 0.2) is 0 Å². The fourth-order valence-corrected chi connectivity index (χ4v) is 4.58. The molecule has 8 heteroatoms. The van der Waals surface area contributed by atoms with Gasteiger partial charge in [-0.3, -0.25) is 18.9 Å². The van der Waals surface area contributed by atoms with E-state index in [4.69, 9.17) is 11.6 Å². The van der Waals surface area contributed by atoms with Crippen molar-refractivity contribution in [3.05, 3.63) is 87.8 Å². The van der Waals surface area contributed by atoms with E-state index < -0.39 is 0 Å². The number of aromatic nitrogens is 2. The van der Waals surface area contributed by atoms with Crippen LogP contribution in [0, 0.1) is 0 Å². The van der Waals surface area contributed by atoms with Gasteiger partial charge in [0.2, 0.25) is 0 Å². The Morgan fingerprint density at radius 2 is 1.82 bits per heavy atom. The standard InChI is InChI=1S/C26H26ClN5O2/c27-20-5-3-6-21(17-20)31-15-13-30(14-16-31)12-4-11-28-25(33)19-9-10-24-29-23-8-2-1-7-22(23)26(34)32(24)18-19/h1-3,5-10,17-18H,4,11-16H2,(H,28,33). The van der Waals surface area contributed by atoms with E-state index in [9.17, 15) is 9.59 Å². The molecule has 1 saturated heterocycles. The Morgan fingerprint density at radius 1 is 1.00 bits per heavy atom. The normalized spacial score (nSPS) is 14.6. The summed E-state index contributed by atoms with van der Waals surface area (Å²) in [5, 5.41) is 4.27. The highest BCUT2D eigenvalue weighted by atomic mass is 35.5.